The maximum absolute atomic E-state index is 5.81. The Balaban J connectivity index is 3.05. The molecule has 12 heavy (non-hydrogen) atoms. The molecule has 0 heterocycles. The Bertz CT molecular complexity index is 317. The van der Waals surface area contributed by atoms with Crippen molar-refractivity contribution in [2.75, 3.05) is 0 Å². The summed E-state index contributed by atoms with van der Waals surface area (Å²) < 4.78 is 0.869. The van der Waals surface area contributed by atoms with Crippen LogP contribution in [0.3, 0.4) is 0 Å². The molecule has 0 aliphatic carbocycles. The number of hydrogen-bond donors (Lipinski definition) is 0. The molecule has 0 aromatic heterocycles. The fourth-order valence-corrected chi connectivity index (χ4v) is 1.56. The average molecular weight is 331 g/mol. The normalized spacial score (nSPS) is 9.67. The Morgan fingerprint density at radius 2 is 1.83 bits per heavy atom. The van der Waals surface area contributed by atoms with Crippen molar-refractivity contribution in [2.45, 2.75) is 0 Å². The first-order valence-electron chi connectivity index (χ1n) is 3.07. The molecule has 0 saturated carbocycles. The lowest BCUT2D eigenvalue weighted by Crippen LogP contribution is -1.73. The molecular weight excluding hydrogens is 327 g/mol. The lowest BCUT2D eigenvalue weighted by atomic mass is 10.2. The van der Waals surface area contributed by atoms with E-state index < -0.39 is 0 Å². The highest BCUT2D eigenvalue weighted by atomic mass is 79.9. The first-order valence-corrected chi connectivity index (χ1v) is 5.41. The largest absolute Gasteiger partial charge is 0.0827 e. The molecule has 1 aromatic rings. The Labute approximate surface area is 97.8 Å². The second-order valence-electron chi connectivity index (χ2n) is 2.11. The van der Waals surface area contributed by atoms with E-state index in [1.807, 2.05) is 12.1 Å². The third-order valence-corrected chi connectivity index (χ3v) is 2.42. The van der Waals surface area contributed by atoms with Crippen LogP contribution in [0.5, 0.6) is 0 Å². The molecule has 0 unspecified atom stereocenters. The fraction of sp³-hybridized carbons (Fsp3) is 0. The van der Waals surface area contributed by atoms with Gasteiger partial charge in [0.25, 0.3) is 0 Å². The van der Waals surface area contributed by atoms with Crippen LogP contribution in [0.2, 0.25) is 10.0 Å². The standard InChI is InChI=1S/C8H4Br2Cl2/c9-8(10)4-5-1-2-6(11)7(12)3-5/h1-4H. The van der Waals surface area contributed by atoms with Gasteiger partial charge in [-0.15, -0.1) is 0 Å². The van der Waals surface area contributed by atoms with Crippen molar-refractivity contribution in [3.05, 3.63) is 37.2 Å². The molecule has 0 fully saturated rings. The Morgan fingerprint density at radius 3 is 2.33 bits per heavy atom. The molecule has 64 valence electrons. The lowest BCUT2D eigenvalue weighted by molar-refractivity contribution is 1.66. The van der Waals surface area contributed by atoms with E-state index in [-0.39, 0.29) is 0 Å². The van der Waals surface area contributed by atoms with Gasteiger partial charge in [-0.1, -0.05) is 29.3 Å². The van der Waals surface area contributed by atoms with Crippen molar-refractivity contribution >= 4 is 61.1 Å². The van der Waals surface area contributed by atoms with Crippen molar-refractivity contribution in [3.63, 3.8) is 0 Å². The number of rotatable bonds is 1. The first-order chi connectivity index (χ1) is 5.59. The molecule has 0 spiro atoms. The molecule has 0 radical (unpaired) electrons. The summed E-state index contributed by atoms with van der Waals surface area (Å²) in [6.07, 6.45) is 1.89. The monoisotopic (exact) mass is 328 g/mol. The molecule has 0 saturated heterocycles. The van der Waals surface area contributed by atoms with Crippen LogP contribution in [0.15, 0.2) is 21.6 Å². The molecular formula is C8H4Br2Cl2. The minimum atomic E-state index is 0.562. The van der Waals surface area contributed by atoms with Crippen molar-refractivity contribution in [3.8, 4) is 0 Å². The van der Waals surface area contributed by atoms with Crippen molar-refractivity contribution in [2.24, 2.45) is 0 Å². The van der Waals surface area contributed by atoms with Gasteiger partial charge < -0.3 is 0 Å². The minimum absolute atomic E-state index is 0.562. The highest BCUT2D eigenvalue weighted by molar-refractivity contribution is 9.28. The molecule has 4 heteroatoms. The van der Waals surface area contributed by atoms with Crippen LogP contribution in [0.1, 0.15) is 5.56 Å². The Hall–Kier alpha value is 0.500. The van der Waals surface area contributed by atoms with Crippen LogP contribution < -0.4 is 0 Å². The first kappa shape index (κ1) is 10.6. The zero-order valence-electron chi connectivity index (χ0n) is 5.82. The van der Waals surface area contributed by atoms with E-state index in [0.29, 0.717) is 10.0 Å². The van der Waals surface area contributed by atoms with Crippen LogP contribution in [0, 0.1) is 0 Å². The lowest BCUT2D eigenvalue weighted by Gasteiger charge is -1.96. The summed E-state index contributed by atoms with van der Waals surface area (Å²) in [5.41, 5.74) is 0.994. The van der Waals surface area contributed by atoms with Gasteiger partial charge in [0, 0.05) is 0 Å². The molecule has 0 N–H and O–H groups in total. The maximum Gasteiger partial charge on any atom is 0.0610 e. The quantitative estimate of drug-likeness (QED) is 0.673. The predicted octanol–water partition coefficient (Wildman–Crippen LogP) is 5.08. The smallest absolute Gasteiger partial charge is 0.0610 e. The van der Waals surface area contributed by atoms with Gasteiger partial charge in [0.2, 0.25) is 0 Å². The van der Waals surface area contributed by atoms with E-state index in [4.69, 9.17) is 23.2 Å². The average Bonchev–Trinajstić information content (AvgIpc) is 1.96. The Morgan fingerprint density at radius 1 is 1.17 bits per heavy atom. The number of hydrogen-bond acceptors (Lipinski definition) is 0. The third-order valence-electron chi connectivity index (χ3n) is 1.22. The summed E-state index contributed by atoms with van der Waals surface area (Å²) in [6.45, 7) is 0. The second kappa shape index (κ2) is 4.66. The number of benzene rings is 1. The summed E-state index contributed by atoms with van der Waals surface area (Å²) in [4.78, 5) is 0. The van der Waals surface area contributed by atoms with Gasteiger partial charge in [0.15, 0.2) is 0 Å². The summed E-state index contributed by atoms with van der Waals surface area (Å²) in [6, 6.07) is 5.45. The third kappa shape index (κ3) is 3.09. The van der Waals surface area contributed by atoms with Gasteiger partial charge in [-0.05, 0) is 55.6 Å². The van der Waals surface area contributed by atoms with Crippen molar-refractivity contribution in [1.29, 1.82) is 0 Å². The van der Waals surface area contributed by atoms with Gasteiger partial charge in [-0.2, -0.15) is 0 Å². The zero-order valence-corrected chi connectivity index (χ0v) is 10.5. The van der Waals surface area contributed by atoms with Gasteiger partial charge >= 0.3 is 0 Å². The second-order valence-corrected chi connectivity index (χ2v) is 5.69. The molecule has 0 atom stereocenters. The van der Waals surface area contributed by atoms with Crippen molar-refractivity contribution in [1.82, 2.24) is 0 Å². The van der Waals surface area contributed by atoms with E-state index in [0.717, 1.165) is 8.96 Å². The van der Waals surface area contributed by atoms with Crippen LogP contribution in [0.4, 0.5) is 0 Å². The molecule has 0 nitrogen and oxygen atoms in total. The molecule has 0 amide bonds. The van der Waals surface area contributed by atoms with Crippen LogP contribution in [-0.2, 0) is 0 Å². The molecule has 0 aliphatic rings. The predicted molar refractivity (Wildman–Crippen MR) is 62.3 cm³/mol. The molecule has 0 aliphatic heterocycles. The minimum Gasteiger partial charge on any atom is -0.0827 e. The molecule has 1 rings (SSSR count). The van der Waals surface area contributed by atoms with E-state index in [2.05, 4.69) is 31.9 Å². The van der Waals surface area contributed by atoms with E-state index in [9.17, 15) is 0 Å². The van der Waals surface area contributed by atoms with Gasteiger partial charge in [-0.25, -0.2) is 0 Å². The summed E-state index contributed by atoms with van der Waals surface area (Å²) in [5.74, 6) is 0. The number of halogens is 4. The highest BCUT2D eigenvalue weighted by Gasteiger charge is 1.97. The topological polar surface area (TPSA) is 0 Å². The van der Waals surface area contributed by atoms with E-state index >= 15 is 0 Å². The zero-order chi connectivity index (χ0) is 9.14. The van der Waals surface area contributed by atoms with Crippen LogP contribution >= 0.6 is 55.1 Å². The van der Waals surface area contributed by atoms with E-state index in [1.54, 1.807) is 12.1 Å². The highest BCUT2D eigenvalue weighted by Crippen LogP contribution is 2.25. The Kier molecular flexibility index (Phi) is 4.11. The molecule has 1 aromatic carbocycles. The van der Waals surface area contributed by atoms with Gasteiger partial charge in [0.1, 0.15) is 0 Å². The summed E-state index contributed by atoms with van der Waals surface area (Å²) in [5, 5.41) is 1.13. The van der Waals surface area contributed by atoms with Gasteiger partial charge in [0.05, 0.1) is 13.4 Å². The van der Waals surface area contributed by atoms with Crippen molar-refractivity contribution < 1.29 is 0 Å². The van der Waals surface area contributed by atoms with Crippen LogP contribution in [-0.4, -0.2) is 0 Å². The van der Waals surface area contributed by atoms with Gasteiger partial charge in [-0.3, -0.25) is 0 Å². The van der Waals surface area contributed by atoms with Crippen LogP contribution in [0.25, 0.3) is 6.08 Å². The SMILES string of the molecule is Clc1ccc(C=C(Br)Br)cc1Cl. The maximum atomic E-state index is 5.81. The fourth-order valence-electron chi connectivity index (χ4n) is 0.728. The van der Waals surface area contributed by atoms with E-state index in [1.165, 1.54) is 0 Å². The summed E-state index contributed by atoms with van der Waals surface area (Å²) >= 11 is 18.1. The molecule has 0 bridgehead atoms. The summed E-state index contributed by atoms with van der Waals surface area (Å²) in [7, 11) is 0.